The van der Waals surface area contributed by atoms with Crippen molar-refractivity contribution in [3.8, 4) is 0 Å². The molecule has 0 N–H and O–H groups in total. The summed E-state index contributed by atoms with van der Waals surface area (Å²) in [6, 6.07) is 8.43. The van der Waals surface area contributed by atoms with E-state index < -0.39 is 5.60 Å². The summed E-state index contributed by atoms with van der Waals surface area (Å²) in [7, 11) is 3.57. The number of carbonyl (C=O) groups excluding carboxylic acids is 1. The molecule has 1 aliphatic heterocycles. The van der Waals surface area contributed by atoms with Crippen molar-refractivity contribution < 1.29 is 9.53 Å². The van der Waals surface area contributed by atoms with Crippen LogP contribution in [0, 0.1) is 0 Å². The number of hydrogen-bond donors (Lipinski definition) is 0. The summed E-state index contributed by atoms with van der Waals surface area (Å²) in [5, 5.41) is 0. The van der Waals surface area contributed by atoms with Crippen LogP contribution < -0.4 is 0 Å². The summed E-state index contributed by atoms with van der Waals surface area (Å²) in [5.74, 6) is 0.0347. The van der Waals surface area contributed by atoms with E-state index in [1.807, 2.05) is 6.92 Å². The van der Waals surface area contributed by atoms with Gasteiger partial charge in [-0.25, -0.2) is 0 Å². The van der Waals surface area contributed by atoms with Crippen LogP contribution in [0.5, 0.6) is 0 Å². The van der Waals surface area contributed by atoms with Gasteiger partial charge in [0.2, 0.25) is 0 Å². The summed E-state index contributed by atoms with van der Waals surface area (Å²) in [6.45, 7) is 2.53. The van der Waals surface area contributed by atoms with E-state index in [1.165, 1.54) is 16.7 Å². The highest BCUT2D eigenvalue weighted by atomic mass is 16.5. The van der Waals surface area contributed by atoms with Gasteiger partial charge in [0.1, 0.15) is 0 Å². The number of fused-ring (bicyclic) bond motifs is 2. The van der Waals surface area contributed by atoms with Gasteiger partial charge in [-0.05, 0) is 42.0 Å². The molecular weight excluding hydrogens is 238 g/mol. The molecule has 100 valence electrons. The molecule has 1 aromatic carbocycles. The molecular formula is C16H19NO2. The summed E-state index contributed by atoms with van der Waals surface area (Å²) in [6.07, 6.45) is 1.74. The normalized spacial score (nSPS) is 25.0. The Morgan fingerprint density at radius 2 is 2.05 bits per heavy atom. The van der Waals surface area contributed by atoms with Crippen LogP contribution in [0.25, 0.3) is 5.57 Å². The summed E-state index contributed by atoms with van der Waals surface area (Å²) < 4.78 is 5.88. The number of rotatable bonds is 1. The molecule has 0 fully saturated rings. The van der Waals surface area contributed by atoms with Gasteiger partial charge in [-0.15, -0.1) is 0 Å². The second-order valence-electron chi connectivity index (χ2n) is 5.62. The van der Waals surface area contributed by atoms with Crippen LogP contribution in [0.4, 0.5) is 0 Å². The van der Waals surface area contributed by atoms with Gasteiger partial charge in [0.25, 0.3) is 5.91 Å². The van der Waals surface area contributed by atoms with Gasteiger partial charge in [0, 0.05) is 14.1 Å². The Hall–Kier alpha value is -1.61. The molecule has 1 amide bonds. The Labute approximate surface area is 113 Å². The van der Waals surface area contributed by atoms with E-state index in [-0.39, 0.29) is 5.91 Å². The second-order valence-corrected chi connectivity index (χ2v) is 5.62. The zero-order valence-electron chi connectivity index (χ0n) is 11.7. The third-order valence-electron chi connectivity index (χ3n) is 4.21. The fourth-order valence-electron chi connectivity index (χ4n) is 3.23. The molecule has 1 unspecified atom stereocenters. The monoisotopic (exact) mass is 257 g/mol. The number of benzene rings is 1. The molecule has 0 saturated carbocycles. The molecule has 2 aliphatic rings. The first-order chi connectivity index (χ1) is 9.04. The fraction of sp³-hybridized carbons (Fsp3) is 0.438. The Bertz CT molecular complexity index is 574. The van der Waals surface area contributed by atoms with Crippen molar-refractivity contribution in [1.29, 1.82) is 0 Å². The Balaban J connectivity index is 2.09. The quantitative estimate of drug-likeness (QED) is 0.772. The Morgan fingerprint density at radius 3 is 2.79 bits per heavy atom. The number of nitrogens with zero attached hydrogens (tertiary/aromatic N) is 1. The highest BCUT2D eigenvalue weighted by molar-refractivity contribution is 5.93. The van der Waals surface area contributed by atoms with Crippen molar-refractivity contribution in [1.82, 2.24) is 4.90 Å². The predicted octanol–water partition coefficient (Wildman–Crippen LogP) is 2.26. The first-order valence-electron chi connectivity index (χ1n) is 6.70. The third-order valence-corrected chi connectivity index (χ3v) is 4.21. The van der Waals surface area contributed by atoms with Crippen LogP contribution in [-0.4, -0.2) is 37.1 Å². The second kappa shape index (κ2) is 4.20. The molecule has 0 saturated heterocycles. The topological polar surface area (TPSA) is 29.5 Å². The molecule has 3 heteroatoms. The summed E-state index contributed by atoms with van der Waals surface area (Å²) in [4.78, 5) is 14.1. The predicted molar refractivity (Wildman–Crippen MR) is 74.7 cm³/mol. The van der Waals surface area contributed by atoms with Gasteiger partial charge >= 0.3 is 0 Å². The average Bonchev–Trinajstić information content (AvgIpc) is 2.78. The van der Waals surface area contributed by atoms with Crippen molar-refractivity contribution in [2.24, 2.45) is 0 Å². The number of carbonyl (C=O) groups is 1. The number of ether oxygens (including phenoxy) is 1. The lowest BCUT2D eigenvalue weighted by molar-refractivity contribution is -0.149. The number of likely N-dealkylation sites (N-methyl/N-ethyl adjacent to an activating group) is 1. The number of amides is 1. The first kappa shape index (κ1) is 12.4. The van der Waals surface area contributed by atoms with Crippen LogP contribution in [-0.2, 0) is 16.0 Å². The summed E-state index contributed by atoms with van der Waals surface area (Å²) >= 11 is 0. The minimum Gasteiger partial charge on any atom is -0.361 e. The maximum atomic E-state index is 12.5. The molecule has 3 rings (SSSR count). The fourth-order valence-corrected chi connectivity index (χ4v) is 3.23. The maximum Gasteiger partial charge on any atom is 0.258 e. The molecule has 0 spiro atoms. The van der Waals surface area contributed by atoms with Crippen LogP contribution in [0.3, 0.4) is 0 Å². The highest BCUT2D eigenvalue weighted by Gasteiger charge is 2.45. The lowest BCUT2D eigenvalue weighted by Crippen LogP contribution is -2.49. The molecule has 0 bridgehead atoms. The molecule has 1 atom stereocenters. The molecule has 1 aromatic rings. The van der Waals surface area contributed by atoms with Gasteiger partial charge in [-0.3, -0.25) is 4.79 Å². The maximum absolute atomic E-state index is 12.5. The largest absolute Gasteiger partial charge is 0.361 e. The van der Waals surface area contributed by atoms with Gasteiger partial charge in [-0.1, -0.05) is 24.3 Å². The summed E-state index contributed by atoms with van der Waals surface area (Å²) in [5.41, 5.74) is 4.29. The van der Waals surface area contributed by atoms with E-state index in [0.717, 1.165) is 18.4 Å². The molecule has 0 aromatic heterocycles. The van der Waals surface area contributed by atoms with Crippen molar-refractivity contribution in [2.45, 2.75) is 25.4 Å². The molecule has 19 heavy (non-hydrogen) atoms. The zero-order chi connectivity index (χ0) is 13.6. The molecule has 1 aliphatic carbocycles. The third kappa shape index (κ3) is 1.72. The molecule has 0 radical (unpaired) electrons. The highest BCUT2D eigenvalue weighted by Crippen LogP contribution is 2.44. The lowest BCUT2D eigenvalue weighted by atomic mass is 9.86. The van der Waals surface area contributed by atoms with E-state index in [1.54, 1.807) is 19.0 Å². The van der Waals surface area contributed by atoms with Crippen LogP contribution in [0.15, 0.2) is 29.8 Å². The zero-order valence-corrected chi connectivity index (χ0v) is 11.7. The van der Waals surface area contributed by atoms with E-state index >= 15 is 0 Å². The van der Waals surface area contributed by atoms with Crippen molar-refractivity contribution >= 4 is 11.5 Å². The van der Waals surface area contributed by atoms with Crippen molar-refractivity contribution in [3.05, 3.63) is 41.0 Å². The lowest BCUT2D eigenvalue weighted by Gasteiger charge is -2.36. The number of hydrogen-bond acceptors (Lipinski definition) is 2. The smallest absolute Gasteiger partial charge is 0.258 e. The van der Waals surface area contributed by atoms with Crippen LogP contribution >= 0.6 is 0 Å². The van der Waals surface area contributed by atoms with Gasteiger partial charge in [-0.2, -0.15) is 0 Å². The standard InChI is InChI=1S/C16H19NO2/c1-16(15(18)17(2)3)14-10-11-6-4-5-7-12(11)13(14)8-9-19-16/h4-7H,8-10H2,1-3H3. The minimum atomic E-state index is -0.796. The van der Waals surface area contributed by atoms with Crippen LogP contribution in [0.1, 0.15) is 24.5 Å². The first-order valence-corrected chi connectivity index (χ1v) is 6.70. The van der Waals surface area contributed by atoms with E-state index in [2.05, 4.69) is 24.3 Å². The van der Waals surface area contributed by atoms with E-state index in [4.69, 9.17) is 4.74 Å². The molecule has 3 nitrogen and oxygen atoms in total. The van der Waals surface area contributed by atoms with Gasteiger partial charge < -0.3 is 9.64 Å². The van der Waals surface area contributed by atoms with E-state index in [0.29, 0.717) is 6.61 Å². The van der Waals surface area contributed by atoms with Crippen molar-refractivity contribution in [3.63, 3.8) is 0 Å². The molecule has 1 heterocycles. The minimum absolute atomic E-state index is 0.0347. The SMILES string of the molecule is CN(C)C(=O)C1(C)OCCC2=C1Cc1ccccc12. The van der Waals surface area contributed by atoms with Crippen molar-refractivity contribution in [2.75, 3.05) is 20.7 Å². The average molecular weight is 257 g/mol. The van der Waals surface area contributed by atoms with Gasteiger partial charge in [0.05, 0.1) is 6.61 Å². The Kier molecular flexibility index (Phi) is 2.75. The van der Waals surface area contributed by atoms with Gasteiger partial charge in [0.15, 0.2) is 5.60 Å². The van der Waals surface area contributed by atoms with E-state index in [9.17, 15) is 4.79 Å². The Morgan fingerprint density at radius 1 is 1.32 bits per heavy atom. The van der Waals surface area contributed by atoms with Crippen LogP contribution in [0.2, 0.25) is 0 Å².